The first kappa shape index (κ1) is 19.3. The predicted molar refractivity (Wildman–Crippen MR) is 102 cm³/mol. The maximum absolute atomic E-state index is 12.3. The molecule has 1 atom stereocenters. The number of ether oxygens (including phenoxy) is 3. The molecule has 0 spiro atoms. The number of nitrogens with one attached hydrogen (secondary N) is 1. The standard InChI is InChI=1S/C20H27N3O4/c1-22-9-5-6-16(22)17(23-10-12-26-13-11-23)14-21-20(24)15-27-19-8-4-3-7-18(19)25-2/h3-9,17H,10-15H2,1-2H3,(H,21,24). The monoisotopic (exact) mass is 373 g/mol. The molecule has 1 aliphatic rings. The van der Waals surface area contributed by atoms with Gasteiger partial charge in [-0.15, -0.1) is 0 Å². The Labute approximate surface area is 159 Å². The molecule has 1 aliphatic heterocycles. The summed E-state index contributed by atoms with van der Waals surface area (Å²) in [5.74, 6) is 1.01. The normalized spacial score (nSPS) is 15.9. The van der Waals surface area contributed by atoms with Crippen LogP contribution in [0.1, 0.15) is 11.7 Å². The van der Waals surface area contributed by atoms with Crippen molar-refractivity contribution in [2.75, 3.05) is 46.6 Å². The molecular formula is C20H27N3O4. The fraction of sp³-hybridized carbons (Fsp3) is 0.450. The lowest BCUT2D eigenvalue weighted by Crippen LogP contribution is -2.45. The predicted octanol–water partition coefficient (Wildman–Crippen LogP) is 1.60. The highest BCUT2D eigenvalue weighted by Gasteiger charge is 2.25. The molecule has 0 saturated carbocycles. The molecule has 27 heavy (non-hydrogen) atoms. The molecule has 2 heterocycles. The van der Waals surface area contributed by atoms with Crippen LogP contribution in [-0.2, 0) is 16.6 Å². The van der Waals surface area contributed by atoms with Crippen molar-refractivity contribution in [3.63, 3.8) is 0 Å². The minimum atomic E-state index is -0.159. The number of carbonyl (C=O) groups is 1. The zero-order valence-electron chi connectivity index (χ0n) is 15.9. The van der Waals surface area contributed by atoms with Crippen LogP contribution in [0.4, 0.5) is 0 Å². The molecule has 0 aliphatic carbocycles. The second-order valence-corrected chi connectivity index (χ2v) is 6.45. The molecule has 1 fully saturated rings. The largest absolute Gasteiger partial charge is 0.493 e. The number of carbonyl (C=O) groups excluding carboxylic acids is 1. The van der Waals surface area contributed by atoms with Crippen molar-refractivity contribution in [2.45, 2.75) is 6.04 Å². The molecule has 0 radical (unpaired) electrons. The third-order valence-corrected chi connectivity index (χ3v) is 4.73. The van der Waals surface area contributed by atoms with E-state index in [4.69, 9.17) is 14.2 Å². The third kappa shape index (κ3) is 5.02. The van der Waals surface area contributed by atoms with Gasteiger partial charge in [-0.2, -0.15) is 0 Å². The van der Waals surface area contributed by atoms with E-state index in [0.29, 0.717) is 31.3 Å². The molecule has 1 aromatic heterocycles. The van der Waals surface area contributed by atoms with Gasteiger partial charge in [-0.05, 0) is 24.3 Å². The number of rotatable bonds is 8. The summed E-state index contributed by atoms with van der Waals surface area (Å²) in [5.41, 5.74) is 1.17. The lowest BCUT2D eigenvalue weighted by molar-refractivity contribution is -0.123. The van der Waals surface area contributed by atoms with E-state index in [9.17, 15) is 4.79 Å². The van der Waals surface area contributed by atoms with Crippen LogP contribution >= 0.6 is 0 Å². The van der Waals surface area contributed by atoms with Crippen molar-refractivity contribution in [3.05, 3.63) is 48.3 Å². The van der Waals surface area contributed by atoms with Crippen LogP contribution in [0.2, 0.25) is 0 Å². The Morgan fingerprint density at radius 3 is 2.59 bits per heavy atom. The summed E-state index contributed by atoms with van der Waals surface area (Å²) >= 11 is 0. The second kappa shape index (κ2) is 9.43. The van der Waals surface area contributed by atoms with Gasteiger partial charge in [0, 0.05) is 38.6 Å². The third-order valence-electron chi connectivity index (χ3n) is 4.73. The number of morpholine rings is 1. The number of para-hydroxylation sites is 2. The maximum atomic E-state index is 12.3. The Morgan fingerprint density at radius 2 is 1.93 bits per heavy atom. The van der Waals surface area contributed by atoms with Crippen molar-refractivity contribution in [2.24, 2.45) is 7.05 Å². The fourth-order valence-electron chi connectivity index (χ4n) is 3.27. The molecule has 7 nitrogen and oxygen atoms in total. The first-order chi connectivity index (χ1) is 13.2. The molecule has 1 unspecified atom stereocenters. The van der Waals surface area contributed by atoms with Crippen LogP contribution in [0.3, 0.4) is 0 Å². The van der Waals surface area contributed by atoms with Gasteiger partial charge in [-0.25, -0.2) is 0 Å². The molecule has 1 aromatic carbocycles. The highest BCUT2D eigenvalue weighted by molar-refractivity contribution is 5.77. The van der Waals surface area contributed by atoms with Crippen LogP contribution in [0.15, 0.2) is 42.6 Å². The molecule has 1 saturated heterocycles. The van der Waals surface area contributed by atoms with Crippen LogP contribution in [0, 0.1) is 0 Å². The topological polar surface area (TPSA) is 65.0 Å². The van der Waals surface area contributed by atoms with E-state index >= 15 is 0 Å². The Balaban J connectivity index is 1.58. The molecule has 7 heteroatoms. The van der Waals surface area contributed by atoms with Crippen LogP contribution < -0.4 is 14.8 Å². The van der Waals surface area contributed by atoms with Crippen LogP contribution in [0.25, 0.3) is 0 Å². The van der Waals surface area contributed by atoms with Crippen molar-refractivity contribution >= 4 is 5.91 Å². The van der Waals surface area contributed by atoms with E-state index in [0.717, 1.165) is 13.1 Å². The maximum Gasteiger partial charge on any atom is 0.258 e. The summed E-state index contributed by atoms with van der Waals surface area (Å²) in [5, 5.41) is 3.00. The summed E-state index contributed by atoms with van der Waals surface area (Å²) in [6.45, 7) is 3.60. The molecule has 0 bridgehead atoms. The lowest BCUT2D eigenvalue weighted by atomic mass is 10.1. The zero-order valence-corrected chi connectivity index (χ0v) is 15.9. The van der Waals surface area contributed by atoms with Gasteiger partial charge in [-0.1, -0.05) is 12.1 Å². The minimum absolute atomic E-state index is 0.0522. The first-order valence-electron chi connectivity index (χ1n) is 9.14. The summed E-state index contributed by atoms with van der Waals surface area (Å²) in [7, 11) is 3.60. The Bertz CT molecular complexity index is 740. The summed E-state index contributed by atoms with van der Waals surface area (Å²) in [6.07, 6.45) is 2.02. The van der Waals surface area contributed by atoms with Gasteiger partial charge in [0.05, 0.1) is 26.4 Å². The van der Waals surface area contributed by atoms with Crippen LogP contribution in [-0.4, -0.2) is 61.9 Å². The number of hydrogen-bond acceptors (Lipinski definition) is 5. The lowest BCUT2D eigenvalue weighted by Gasteiger charge is -2.35. The summed E-state index contributed by atoms with van der Waals surface area (Å²) < 4.78 is 18.4. The van der Waals surface area contributed by atoms with E-state index in [2.05, 4.69) is 20.9 Å². The molecule has 3 rings (SSSR count). The highest BCUT2D eigenvalue weighted by Crippen LogP contribution is 2.25. The molecular weight excluding hydrogens is 346 g/mol. The number of nitrogens with zero attached hydrogens (tertiary/aromatic N) is 2. The number of methoxy groups -OCH3 is 1. The molecule has 2 aromatic rings. The zero-order chi connectivity index (χ0) is 19.1. The Hall–Kier alpha value is -2.51. The van der Waals surface area contributed by atoms with Gasteiger partial charge in [0.2, 0.25) is 0 Å². The van der Waals surface area contributed by atoms with Crippen molar-refractivity contribution in [1.82, 2.24) is 14.8 Å². The van der Waals surface area contributed by atoms with Gasteiger partial charge < -0.3 is 24.1 Å². The van der Waals surface area contributed by atoms with Gasteiger partial charge in [0.1, 0.15) is 0 Å². The van der Waals surface area contributed by atoms with E-state index in [-0.39, 0.29) is 18.6 Å². The fourth-order valence-corrected chi connectivity index (χ4v) is 3.27. The molecule has 1 amide bonds. The van der Waals surface area contributed by atoms with Crippen LogP contribution in [0.5, 0.6) is 11.5 Å². The second-order valence-electron chi connectivity index (χ2n) is 6.45. The van der Waals surface area contributed by atoms with E-state index in [1.807, 2.05) is 31.4 Å². The van der Waals surface area contributed by atoms with E-state index in [1.165, 1.54) is 5.69 Å². The van der Waals surface area contributed by atoms with E-state index in [1.54, 1.807) is 19.2 Å². The molecule has 1 N–H and O–H groups in total. The number of aryl methyl sites for hydroxylation is 1. The average molecular weight is 373 g/mol. The smallest absolute Gasteiger partial charge is 0.258 e. The van der Waals surface area contributed by atoms with Crippen molar-refractivity contribution < 1.29 is 19.0 Å². The Kier molecular flexibility index (Phi) is 6.73. The summed E-state index contributed by atoms with van der Waals surface area (Å²) in [6, 6.07) is 11.5. The van der Waals surface area contributed by atoms with Gasteiger partial charge >= 0.3 is 0 Å². The first-order valence-corrected chi connectivity index (χ1v) is 9.14. The number of amides is 1. The van der Waals surface area contributed by atoms with Crippen molar-refractivity contribution in [1.29, 1.82) is 0 Å². The summed E-state index contributed by atoms with van der Waals surface area (Å²) in [4.78, 5) is 14.7. The van der Waals surface area contributed by atoms with Gasteiger partial charge in [-0.3, -0.25) is 9.69 Å². The number of aromatic nitrogens is 1. The number of benzene rings is 1. The Morgan fingerprint density at radius 1 is 1.19 bits per heavy atom. The minimum Gasteiger partial charge on any atom is -0.493 e. The number of hydrogen-bond donors (Lipinski definition) is 1. The average Bonchev–Trinajstić information content (AvgIpc) is 3.13. The molecule has 146 valence electrons. The SMILES string of the molecule is COc1ccccc1OCC(=O)NCC(c1cccn1C)N1CCOCC1. The quantitative estimate of drug-likeness (QED) is 0.762. The highest BCUT2D eigenvalue weighted by atomic mass is 16.5. The van der Waals surface area contributed by atoms with Gasteiger partial charge in [0.25, 0.3) is 5.91 Å². The van der Waals surface area contributed by atoms with Crippen molar-refractivity contribution in [3.8, 4) is 11.5 Å². The van der Waals surface area contributed by atoms with E-state index < -0.39 is 0 Å². The van der Waals surface area contributed by atoms with Gasteiger partial charge in [0.15, 0.2) is 18.1 Å².